The normalized spacial score (nSPS) is 14.6. The minimum Gasteiger partial charge on any atom is -0.480 e. The summed E-state index contributed by atoms with van der Waals surface area (Å²) < 4.78 is 12.9. The molecule has 0 aromatic heterocycles. The number of carbonyl (C=O) groups is 1. The van der Waals surface area contributed by atoms with Crippen molar-refractivity contribution >= 4 is 5.97 Å². The second-order valence-corrected chi connectivity index (χ2v) is 4.02. The second-order valence-electron chi connectivity index (χ2n) is 4.02. The van der Waals surface area contributed by atoms with Gasteiger partial charge in [-0.05, 0) is 31.7 Å². The highest BCUT2D eigenvalue weighted by atomic mass is 19.1. The Morgan fingerprint density at radius 2 is 2.18 bits per heavy atom. The van der Waals surface area contributed by atoms with Crippen LogP contribution in [0.25, 0.3) is 0 Å². The van der Waals surface area contributed by atoms with E-state index in [1.807, 2.05) is 0 Å². The van der Waals surface area contributed by atoms with E-state index in [-0.39, 0.29) is 6.54 Å². The number of carboxylic acids is 1. The fourth-order valence-electron chi connectivity index (χ4n) is 1.44. The van der Waals surface area contributed by atoms with Crippen LogP contribution in [0.2, 0.25) is 0 Å². The van der Waals surface area contributed by atoms with E-state index in [2.05, 4.69) is 0 Å². The van der Waals surface area contributed by atoms with Crippen molar-refractivity contribution in [3.8, 4) is 0 Å². The molecule has 1 aromatic carbocycles. The Hall–Kier alpha value is -1.46. The summed E-state index contributed by atoms with van der Waals surface area (Å²) in [4.78, 5) is 12.2. The van der Waals surface area contributed by atoms with Crippen LogP contribution < -0.4 is 0 Å². The molecule has 17 heavy (non-hydrogen) atoms. The molecule has 0 aliphatic heterocycles. The van der Waals surface area contributed by atoms with Crippen LogP contribution in [0.5, 0.6) is 0 Å². The maximum atomic E-state index is 12.9. The molecule has 0 heterocycles. The summed E-state index contributed by atoms with van der Waals surface area (Å²) in [5, 5.41) is 18.6. The summed E-state index contributed by atoms with van der Waals surface area (Å²) >= 11 is 0. The third kappa shape index (κ3) is 3.80. The van der Waals surface area contributed by atoms with Crippen molar-refractivity contribution in [2.24, 2.45) is 0 Å². The van der Waals surface area contributed by atoms with E-state index in [1.54, 1.807) is 13.1 Å². The van der Waals surface area contributed by atoms with Crippen LogP contribution in [0.1, 0.15) is 18.6 Å². The number of carboxylic acid groups (broad SMARTS) is 1. The SMILES string of the molecule is CC(C(=O)O)N(C)CC(O)c1cccc(F)c1. The van der Waals surface area contributed by atoms with Crippen LogP contribution in [-0.4, -0.2) is 40.7 Å². The van der Waals surface area contributed by atoms with E-state index < -0.39 is 23.9 Å². The highest BCUT2D eigenvalue weighted by molar-refractivity contribution is 5.72. The molecule has 0 bridgehead atoms. The predicted molar refractivity (Wildman–Crippen MR) is 61.1 cm³/mol. The minimum absolute atomic E-state index is 0.136. The van der Waals surface area contributed by atoms with Crippen LogP contribution in [0.4, 0.5) is 4.39 Å². The first-order chi connectivity index (χ1) is 7.91. The molecule has 5 heteroatoms. The minimum atomic E-state index is -0.959. The lowest BCUT2D eigenvalue weighted by Gasteiger charge is -2.24. The summed E-state index contributed by atoms with van der Waals surface area (Å²) in [5.74, 6) is -1.38. The molecule has 0 saturated heterocycles. The van der Waals surface area contributed by atoms with Gasteiger partial charge in [0, 0.05) is 6.54 Å². The molecule has 94 valence electrons. The van der Waals surface area contributed by atoms with Gasteiger partial charge in [0.2, 0.25) is 0 Å². The average molecular weight is 241 g/mol. The van der Waals surface area contributed by atoms with Gasteiger partial charge in [0.1, 0.15) is 11.9 Å². The fourth-order valence-corrected chi connectivity index (χ4v) is 1.44. The van der Waals surface area contributed by atoms with Gasteiger partial charge in [-0.25, -0.2) is 4.39 Å². The zero-order valence-corrected chi connectivity index (χ0v) is 9.80. The maximum Gasteiger partial charge on any atom is 0.320 e. The average Bonchev–Trinajstić information content (AvgIpc) is 2.27. The molecule has 1 rings (SSSR count). The van der Waals surface area contributed by atoms with E-state index in [0.29, 0.717) is 5.56 Å². The van der Waals surface area contributed by atoms with Gasteiger partial charge < -0.3 is 10.2 Å². The Kier molecular flexibility index (Phi) is 4.60. The topological polar surface area (TPSA) is 60.8 Å². The molecule has 0 spiro atoms. The molecule has 1 aromatic rings. The maximum absolute atomic E-state index is 12.9. The smallest absolute Gasteiger partial charge is 0.320 e. The second kappa shape index (κ2) is 5.75. The number of halogens is 1. The predicted octanol–water partition coefficient (Wildman–Crippen LogP) is 1.26. The molecule has 0 fully saturated rings. The third-order valence-electron chi connectivity index (χ3n) is 2.71. The van der Waals surface area contributed by atoms with Crippen LogP contribution in [-0.2, 0) is 4.79 Å². The molecule has 0 saturated carbocycles. The Bertz CT molecular complexity index is 397. The number of aliphatic carboxylic acids is 1. The molecule has 0 radical (unpaired) electrons. The molecule has 4 nitrogen and oxygen atoms in total. The van der Waals surface area contributed by atoms with E-state index in [4.69, 9.17) is 5.11 Å². The lowest BCUT2D eigenvalue weighted by Crippen LogP contribution is -2.38. The first-order valence-corrected chi connectivity index (χ1v) is 5.28. The summed E-state index contributed by atoms with van der Waals surface area (Å²) in [5.41, 5.74) is 0.439. The summed E-state index contributed by atoms with van der Waals surface area (Å²) in [7, 11) is 1.60. The van der Waals surface area contributed by atoms with E-state index in [0.717, 1.165) is 0 Å². The van der Waals surface area contributed by atoms with Gasteiger partial charge in [0.15, 0.2) is 0 Å². The van der Waals surface area contributed by atoms with Crippen molar-refractivity contribution in [2.75, 3.05) is 13.6 Å². The number of nitrogens with zero attached hydrogens (tertiary/aromatic N) is 1. The number of hydrogen-bond acceptors (Lipinski definition) is 3. The Morgan fingerprint density at radius 1 is 1.53 bits per heavy atom. The zero-order chi connectivity index (χ0) is 13.0. The standard InChI is InChI=1S/C12H16FNO3/c1-8(12(16)17)14(2)7-11(15)9-4-3-5-10(13)6-9/h3-6,8,11,15H,7H2,1-2H3,(H,16,17). The van der Waals surface area contributed by atoms with Crippen molar-refractivity contribution in [3.63, 3.8) is 0 Å². The number of hydrogen-bond donors (Lipinski definition) is 2. The van der Waals surface area contributed by atoms with Crippen molar-refractivity contribution < 1.29 is 19.4 Å². The van der Waals surface area contributed by atoms with Crippen LogP contribution >= 0.6 is 0 Å². The number of rotatable bonds is 5. The van der Waals surface area contributed by atoms with Gasteiger partial charge >= 0.3 is 5.97 Å². The molecule has 2 atom stereocenters. The van der Waals surface area contributed by atoms with Crippen molar-refractivity contribution in [2.45, 2.75) is 19.1 Å². The summed E-state index contributed by atoms with van der Waals surface area (Å²) in [6.07, 6.45) is -0.905. The van der Waals surface area contributed by atoms with E-state index >= 15 is 0 Å². The lowest BCUT2D eigenvalue weighted by atomic mass is 10.1. The van der Waals surface area contributed by atoms with Crippen molar-refractivity contribution in [1.82, 2.24) is 4.90 Å². The first-order valence-electron chi connectivity index (χ1n) is 5.28. The van der Waals surface area contributed by atoms with Crippen molar-refractivity contribution in [3.05, 3.63) is 35.6 Å². The fraction of sp³-hybridized carbons (Fsp3) is 0.417. The summed E-state index contributed by atoms with van der Waals surface area (Å²) in [6, 6.07) is 4.95. The number of benzene rings is 1. The largest absolute Gasteiger partial charge is 0.480 e. The summed E-state index contributed by atoms with van der Waals surface area (Å²) in [6.45, 7) is 1.66. The van der Waals surface area contributed by atoms with Gasteiger partial charge in [0.25, 0.3) is 0 Å². The highest BCUT2D eigenvalue weighted by Gasteiger charge is 2.20. The number of likely N-dealkylation sites (N-methyl/N-ethyl adjacent to an activating group) is 1. The Balaban J connectivity index is 2.66. The monoisotopic (exact) mass is 241 g/mol. The number of aliphatic hydroxyl groups excluding tert-OH is 1. The molecule has 0 amide bonds. The molecule has 2 N–H and O–H groups in total. The van der Waals surface area contributed by atoms with E-state index in [9.17, 15) is 14.3 Å². The molecular weight excluding hydrogens is 225 g/mol. The molecular formula is C12H16FNO3. The Labute approximate surface area is 99.3 Å². The van der Waals surface area contributed by atoms with Crippen molar-refractivity contribution in [1.29, 1.82) is 0 Å². The van der Waals surface area contributed by atoms with Crippen LogP contribution in [0, 0.1) is 5.82 Å². The number of aliphatic hydroxyl groups is 1. The van der Waals surface area contributed by atoms with E-state index in [1.165, 1.54) is 30.0 Å². The quantitative estimate of drug-likeness (QED) is 0.814. The van der Waals surface area contributed by atoms with Gasteiger partial charge in [-0.2, -0.15) is 0 Å². The van der Waals surface area contributed by atoms with Crippen LogP contribution in [0.15, 0.2) is 24.3 Å². The van der Waals surface area contributed by atoms with Gasteiger partial charge in [0.05, 0.1) is 6.10 Å². The highest BCUT2D eigenvalue weighted by Crippen LogP contribution is 2.15. The first kappa shape index (κ1) is 13.6. The van der Waals surface area contributed by atoms with Gasteiger partial charge in [-0.15, -0.1) is 0 Å². The van der Waals surface area contributed by atoms with Crippen LogP contribution in [0.3, 0.4) is 0 Å². The molecule has 0 aliphatic carbocycles. The lowest BCUT2D eigenvalue weighted by molar-refractivity contribution is -0.142. The van der Waals surface area contributed by atoms with Gasteiger partial charge in [-0.3, -0.25) is 9.69 Å². The molecule has 2 unspecified atom stereocenters. The molecule has 0 aliphatic rings. The zero-order valence-electron chi connectivity index (χ0n) is 9.80. The Morgan fingerprint density at radius 3 is 2.71 bits per heavy atom. The third-order valence-corrected chi connectivity index (χ3v) is 2.71. The van der Waals surface area contributed by atoms with Gasteiger partial charge in [-0.1, -0.05) is 12.1 Å².